The number of rotatable bonds is 5. The Bertz CT molecular complexity index is 937. The van der Waals surface area contributed by atoms with Crippen molar-refractivity contribution in [2.24, 2.45) is 0 Å². The number of fused-ring (bicyclic) bond motifs is 2. The van der Waals surface area contributed by atoms with Crippen molar-refractivity contribution in [3.63, 3.8) is 0 Å². The van der Waals surface area contributed by atoms with E-state index in [1.165, 1.54) is 5.57 Å². The molecular weight excluding hydrogens is 440 g/mol. The summed E-state index contributed by atoms with van der Waals surface area (Å²) in [5.41, 5.74) is 4.21. The van der Waals surface area contributed by atoms with Gasteiger partial charge in [-0.05, 0) is 55.9 Å². The summed E-state index contributed by atoms with van der Waals surface area (Å²) in [4.78, 5) is 27.1. The van der Waals surface area contributed by atoms with Crippen molar-refractivity contribution in [1.29, 1.82) is 0 Å². The van der Waals surface area contributed by atoms with Gasteiger partial charge in [0.2, 0.25) is 5.91 Å². The fourth-order valence-electron chi connectivity index (χ4n) is 4.70. The smallest absolute Gasteiger partial charge is 0.251 e. The van der Waals surface area contributed by atoms with Crippen molar-refractivity contribution in [2.45, 2.75) is 51.1 Å². The molecular formula is C25H27BrN2O2. The highest BCUT2D eigenvalue weighted by molar-refractivity contribution is 9.15. The largest absolute Gasteiger partial charge is 0.352 e. The van der Waals surface area contributed by atoms with Gasteiger partial charge in [-0.3, -0.25) is 9.59 Å². The summed E-state index contributed by atoms with van der Waals surface area (Å²) in [5, 5.41) is 2.83. The summed E-state index contributed by atoms with van der Waals surface area (Å²) in [6.45, 7) is 2.54. The average molecular weight is 467 g/mol. The lowest BCUT2D eigenvalue weighted by Crippen LogP contribution is -2.45. The van der Waals surface area contributed by atoms with E-state index in [-0.39, 0.29) is 23.9 Å². The topological polar surface area (TPSA) is 49.4 Å². The summed E-state index contributed by atoms with van der Waals surface area (Å²) in [5.74, 6) is 0.200. The molecule has 156 valence electrons. The molecule has 0 spiro atoms. The highest BCUT2D eigenvalue weighted by Crippen LogP contribution is 2.43. The van der Waals surface area contributed by atoms with E-state index in [9.17, 15) is 9.59 Å². The van der Waals surface area contributed by atoms with Crippen LogP contribution in [0.4, 0.5) is 0 Å². The quantitative estimate of drug-likeness (QED) is 0.678. The Kier molecular flexibility index (Phi) is 6.38. The Morgan fingerprint density at radius 1 is 0.967 bits per heavy atom. The van der Waals surface area contributed by atoms with Gasteiger partial charge in [0, 0.05) is 28.7 Å². The minimum absolute atomic E-state index is 0.0453. The van der Waals surface area contributed by atoms with E-state index < -0.39 is 0 Å². The molecule has 2 aliphatic rings. The molecule has 30 heavy (non-hydrogen) atoms. The first-order chi connectivity index (χ1) is 14.6. The van der Waals surface area contributed by atoms with E-state index in [4.69, 9.17) is 0 Å². The number of carbonyl (C=O) groups is 2. The number of amides is 2. The number of piperidine rings is 1. The Balaban J connectivity index is 1.47. The first kappa shape index (κ1) is 20.9. The molecule has 4 rings (SSSR count). The summed E-state index contributed by atoms with van der Waals surface area (Å²) in [6.07, 6.45) is 4.46. The lowest BCUT2D eigenvalue weighted by Gasteiger charge is -2.37. The van der Waals surface area contributed by atoms with Gasteiger partial charge in [-0.2, -0.15) is 0 Å². The van der Waals surface area contributed by atoms with Crippen LogP contribution in [-0.2, 0) is 11.2 Å². The van der Waals surface area contributed by atoms with Crippen LogP contribution >= 0.6 is 15.9 Å². The van der Waals surface area contributed by atoms with Crippen LogP contribution in [0.1, 0.15) is 54.1 Å². The van der Waals surface area contributed by atoms with Gasteiger partial charge < -0.3 is 10.2 Å². The second-order valence-electron chi connectivity index (χ2n) is 8.11. The minimum Gasteiger partial charge on any atom is -0.352 e. The van der Waals surface area contributed by atoms with Gasteiger partial charge in [0.1, 0.15) is 0 Å². The molecule has 2 bridgehead atoms. The molecule has 5 heteroatoms. The molecule has 0 aliphatic carbocycles. The third kappa shape index (κ3) is 4.36. The van der Waals surface area contributed by atoms with Crippen molar-refractivity contribution in [1.82, 2.24) is 10.2 Å². The number of hydrogen-bond acceptors (Lipinski definition) is 2. The van der Waals surface area contributed by atoms with Crippen LogP contribution in [0.3, 0.4) is 0 Å². The lowest BCUT2D eigenvalue weighted by atomic mass is 9.93. The van der Waals surface area contributed by atoms with Crippen molar-refractivity contribution < 1.29 is 9.59 Å². The van der Waals surface area contributed by atoms with Gasteiger partial charge in [-0.15, -0.1) is 0 Å². The second kappa shape index (κ2) is 9.17. The fraction of sp³-hybridized carbons (Fsp3) is 0.360. The van der Waals surface area contributed by atoms with Crippen LogP contribution in [0.5, 0.6) is 0 Å². The van der Waals surface area contributed by atoms with Gasteiger partial charge in [0.05, 0.1) is 6.42 Å². The SMILES string of the molecule is CCNC(=O)c1ccc(C(Br)=C2C[C@H]3CC[C@@H](C2)N3C(=O)Cc2ccccc2)cc1. The van der Waals surface area contributed by atoms with Crippen LogP contribution in [0, 0.1) is 0 Å². The third-order valence-electron chi connectivity index (χ3n) is 6.12. The number of nitrogens with zero attached hydrogens (tertiary/aromatic N) is 1. The highest BCUT2D eigenvalue weighted by atomic mass is 79.9. The van der Waals surface area contributed by atoms with Crippen LogP contribution in [-0.4, -0.2) is 35.3 Å². The molecule has 0 radical (unpaired) electrons. The number of halogens is 1. The fourth-order valence-corrected chi connectivity index (χ4v) is 5.29. The average Bonchev–Trinajstić information content (AvgIpc) is 3.04. The Labute approximate surface area is 186 Å². The van der Waals surface area contributed by atoms with Crippen molar-refractivity contribution in [3.8, 4) is 0 Å². The zero-order chi connectivity index (χ0) is 21.1. The van der Waals surface area contributed by atoms with Crippen LogP contribution in [0.25, 0.3) is 4.48 Å². The van der Waals surface area contributed by atoms with Crippen molar-refractivity contribution in [2.75, 3.05) is 6.54 Å². The van der Waals surface area contributed by atoms with Gasteiger partial charge in [-0.25, -0.2) is 0 Å². The number of hydrogen-bond donors (Lipinski definition) is 1. The number of nitrogens with one attached hydrogen (secondary N) is 1. The van der Waals surface area contributed by atoms with Crippen LogP contribution in [0.2, 0.25) is 0 Å². The van der Waals surface area contributed by atoms with E-state index in [2.05, 4.69) is 26.1 Å². The molecule has 2 fully saturated rings. The van der Waals surface area contributed by atoms with Crippen molar-refractivity contribution in [3.05, 3.63) is 76.9 Å². The molecule has 2 saturated heterocycles. The van der Waals surface area contributed by atoms with Gasteiger partial charge in [0.25, 0.3) is 5.91 Å². The van der Waals surface area contributed by atoms with Gasteiger partial charge in [0.15, 0.2) is 0 Å². The summed E-state index contributed by atoms with van der Waals surface area (Å²) in [6, 6.07) is 18.3. The Morgan fingerprint density at radius 2 is 1.57 bits per heavy atom. The zero-order valence-electron chi connectivity index (χ0n) is 17.2. The van der Waals surface area contributed by atoms with E-state index in [0.717, 1.165) is 41.3 Å². The standard InChI is InChI=1S/C25H27BrN2O2/c1-2-27-25(30)19-10-8-18(9-11-19)24(26)20-15-21-12-13-22(16-20)28(21)23(29)14-17-6-4-3-5-7-17/h3-11,21-22H,2,12-16H2,1H3,(H,27,30)/t21-,22+. The number of benzene rings is 2. The third-order valence-corrected chi connectivity index (χ3v) is 7.14. The number of carbonyl (C=O) groups excluding carboxylic acids is 2. The molecule has 2 heterocycles. The van der Waals surface area contributed by atoms with E-state index in [1.54, 1.807) is 0 Å². The lowest BCUT2D eigenvalue weighted by molar-refractivity contribution is -0.134. The Hall–Kier alpha value is -2.40. The molecule has 2 aliphatic heterocycles. The maximum absolute atomic E-state index is 13.0. The summed E-state index contributed by atoms with van der Waals surface area (Å²) < 4.78 is 1.11. The molecule has 2 amide bonds. The monoisotopic (exact) mass is 466 g/mol. The zero-order valence-corrected chi connectivity index (χ0v) is 18.8. The normalized spacial score (nSPS) is 22.0. The first-order valence-electron chi connectivity index (χ1n) is 10.7. The Morgan fingerprint density at radius 3 is 2.17 bits per heavy atom. The predicted molar refractivity (Wildman–Crippen MR) is 123 cm³/mol. The highest BCUT2D eigenvalue weighted by Gasteiger charge is 2.41. The van der Waals surface area contributed by atoms with Crippen LogP contribution in [0.15, 0.2) is 60.2 Å². The van der Waals surface area contributed by atoms with E-state index in [1.807, 2.05) is 61.5 Å². The molecule has 0 saturated carbocycles. The molecule has 2 aromatic carbocycles. The maximum Gasteiger partial charge on any atom is 0.251 e. The van der Waals surface area contributed by atoms with Crippen LogP contribution < -0.4 is 5.32 Å². The first-order valence-corrected chi connectivity index (χ1v) is 11.5. The van der Waals surface area contributed by atoms with Crippen molar-refractivity contribution >= 4 is 32.2 Å². The summed E-state index contributed by atoms with van der Waals surface area (Å²) in [7, 11) is 0. The van der Waals surface area contributed by atoms with Gasteiger partial charge >= 0.3 is 0 Å². The molecule has 0 unspecified atom stereocenters. The van der Waals surface area contributed by atoms with E-state index >= 15 is 0 Å². The molecule has 2 atom stereocenters. The summed E-state index contributed by atoms with van der Waals surface area (Å²) >= 11 is 3.81. The minimum atomic E-state index is -0.0453. The molecule has 2 aromatic rings. The molecule has 1 N–H and O–H groups in total. The second-order valence-corrected chi connectivity index (χ2v) is 8.90. The molecule has 0 aromatic heterocycles. The predicted octanol–water partition coefficient (Wildman–Crippen LogP) is 4.94. The van der Waals surface area contributed by atoms with Gasteiger partial charge in [-0.1, -0.05) is 64.0 Å². The molecule has 4 nitrogen and oxygen atoms in total. The maximum atomic E-state index is 13.0. The van der Waals surface area contributed by atoms with E-state index in [0.29, 0.717) is 18.5 Å².